The summed E-state index contributed by atoms with van der Waals surface area (Å²) in [5.41, 5.74) is 1.22. The van der Waals surface area contributed by atoms with Gasteiger partial charge in [-0.1, -0.05) is 19.3 Å². The molecule has 3 rings (SSSR count). The first-order valence-corrected chi connectivity index (χ1v) is 8.95. The Balaban J connectivity index is 1.55. The molecule has 2 saturated carbocycles. The van der Waals surface area contributed by atoms with Gasteiger partial charge in [0.05, 0.1) is 5.69 Å². The number of anilines is 1. The first kappa shape index (κ1) is 14.3. The summed E-state index contributed by atoms with van der Waals surface area (Å²) in [4.78, 5) is 8.58. The molecule has 1 N–H and O–H groups in total. The van der Waals surface area contributed by atoms with E-state index in [0.29, 0.717) is 0 Å². The number of aromatic nitrogens is 1. The molecule has 2 aliphatic carbocycles. The van der Waals surface area contributed by atoms with Crippen molar-refractivity contribution in [1.82, 2.24) is 10.3 Å². The smallest absolute Gasteiger partial charge is 0.185 e. The van der Waals surface area contributed by atoms with Gasteiger partial charge in [-0.3, -0.25) is 0 Å². The molecular weight excluding hydrogens is 266 g/mol. The molecular formula is C16H27N3S. The van der Waals surface area contributed by atoms with Crippen LogP contribution in [-0.2, 0) is 6.54 Å². The molecule has 0 aliphatic heterocycles. The van der Waals surface area contributed by atoms with Gasteiger partial charge < -0.3 is 10.2 Å². The second-order valence-corrected chi connectivity index (χ2v) is 7.61. The highest BCUT2D eigenvalue weighted by Crippen LogP contribution is 2.30. The van der Waals surface area contributed by atoms with Crippen molar-refractivity contribution < 1.29 is 0 Å². The molecule has 4 heteroatoms. The molecule has 0 saturated heterocycles. The summed E-state index contributed by atoms with van der Waals surface area (Å²) in [6.07, 6.45) is 9.81. The van der Waals surface area contributed by atoms with E-state index in [1.54, 1.807) is 0 Å². The zero-order chi connectivity index (χ0) is 13.9. The van der Waals surface area contributed by atoms with E-state index in [9.17, 15) is 0 Å². The van der Waals surface area contributed by atoms with Gasteiger partial charge in [0.2, 0.25) is 0 Å². The molecule has 0 spiro atoms. The van der Waals surface area contributed by atoms with Crippen molar-refractivity contribution in [3.05, 3.63) is 10.6 Å². The van der Waals surface area contributed by atoms with Crippen molar-refractivity contribution in [2.45, 2.75) is 64.5 Å². The third-order valence-corrected chi connectivity index (χ3v) is 5.87. The van der Waals surface area contributed by atoms with E-state index < -0.39 is 0 Å². The molecule has 0 unspecified atom stereocenters. The van der Waals surface area contributed by atoms with Crippen molar-refractivity contribution >= 4 is 16.5 Å². The Hall–Kier alpha value is -0.610. The van der Waals surface area contributed by atoms with E-state index >= 15 is 0 Å². The van der Waals surface area contributed by atoms with Crippen LogP contribution in [0.25, 0.3) is 0 Å². The molecule has 2 aliphatic rings. The minimum Gasteiger partial charge on any atom is -0.351 e. The van der Waals surface area contributed by atoms with Crippen LogP contribution in [0.15, 0.2) is 0 Å². The van der Waals surface area contributed by atoms with Gasteiger partial charge in [0.25, 0.3) is 0 Å². The van der Waals surface area contributed by atoms with Gasteiger partial charge in [0.15, 0.2) is 5.13 Å². The Kier molecular flexibility index (Phi) is 4.61. The van der Waals surface area contributed by atoms with Gasteiger partial charge in [-0.25, -0.2) is 4.98 Å². The third kappa shape index (κ3) is 3.73. The van der Waals surface area contributed by atoms with Gasteiger partial charge in [0.1, 0.15) is 0 Å². The third-order valence-electron chi connectivity index (χ3n) is 4.59. The summed E-state index contributed by atoms with van der Waals surface area (Å²) in [7, 11) is 2.21. The summed E-state index contributed by atoms with van der Waals surface area (Å²) in [5, 5.41) is 4.81. The molecule has 2 fully saturated rings. The fraction of sp³-hybridized carbons (Fsp3) is 0.812. The lowest BCUT2D eigenvalue weighted by Gasteiger charge is -2.26. The van der Waals surface area contributed by atoms with Gasteiger partial charge in [0, 0.05) is 31.1 Å². The van der Waals surface area contributed by atoms with Crippen molar-refractivity contribution in [2.24, 2.45) is 5.92 Å². The minimum atomic E-state index is 0.778. The number of hydrogen-bond donors (Lipinski definition) is 1. The average molecular weight is 293 g/mol. The van der Waals surface area contributed by atoms with E-state index in [-0.39, 0.29) is 0 Å². The van der Waals surface area contributed by atoms with Crippen LogP contribution in [0.2, 0.25) is 0 Å². The van der Waals surface area contributed by atoms with Crippen molar-refractivity contribution in [1.29, 1.82) is 0 Å². The fourth-order valence-corrected chi connectivity index (χ4v) is 4.08. The maximum atomic E-state index is 4.78. The molecule has 1 aromatic heterocycles. The number of rotatable bonds is 6. The number of aryl methyl sites for hydroxylation is 1. The van der Waals surface area contributed by atoms with Crippen LogP contribution in [0.5, 0.6) is 0 Å². The second-order valence-electron chi connectivity index (χ2n) is 6.54. The SMILES string of the molecule is Cc1nc(N(C)CC2CCCCC2)sc1CNC1CC1. The molecule has 20 heavy (non-hydrogen) atoms. The zero-order valence-corrected chi connectivity index (χ0v) is 13.6. The predicted octanol–water partition coefficient (Wildman–Crippen LogP) is 3.72. The van der Waals surface area contributed by atoms with Crippen LogP contribution in [0.3, 0.4) is 0 Å². The lowest BCUT2D eigenvalue weighted by Crippen LogP contribution is -2.26. The van der Waals surface area contributed by atoms with Crippen LogP contribution < -0.4 is 10.2 Å². The molecule has 3 nitrogen and oxygen atoms in total. The van der Waals surface area contributed by atoms with Crippen LogP contribution in [0, 0.1) is 12.8 Å². The Bertz CT molecular complexity index is 433. The second kappa shape index (κ2) is 6.44. The van der Waals surface area contributed by atoms with Crippen LogP contribution in [-0.4, -0.2) is 24.6 Å². The summed E-state index contributed by atoms with van der Waals surface area (Å²) in [5.74, 6) is 0.881. The number of nitrogens with one attached hydrogen (secondary N) is 1. The van der Waals surface area contributed by atoms with Crippen molar-refractivity contribution in [2.75, 3.05) is 18.5 Å². The summed E-state index contributed by atoms with van der Waals surface area (Å²) in [6.45, 7) is 4.34. The minimum absolute atomic E-state index is 0.778. The number of hydrogen-bond acceptors (Lipinski definition) is 4. The molecule has 1 heterocycles. The Labute approximate surface area is 126 Å². The largest absolute Gasteiger partial charge is 0.351 e. The molecule has 0 amide bonds. The number of thiazole rings is 1. The van der Waals surface area contributed by atoms with E-state index in [2.05, 4.69) is 24.2 Å². The molecule has 0 bridgehead atoms. The first-order valence-electron chi connectivity index (χ1n) is 8.13. The van der Waals surface area contributed by atoms with Crippen LogP contribution in [0.1, 0.15) is 55.5 Å². The van der Waals surface area contributed by atoms with E-state index in [4.69, 9.17) is 4.98 Å². The molecule has 1 aromatic rings. The highest BCUT2D eigenvalue weighted by molar-refractivity contribution is 7.15. The van der Waals surface area contributed by atoms with Gasteiger partial charge >= 0.3 is 0 Å². The van der Waals surface area contributed by atoms with Gasteiger partial charge in [-0.2, -0.15) is 0 Å². The summed E-state index contributed by atoms with van der Waals surface area (Å²) < 4.78 is 0. The van der Waals surface area contributed by atoms with Gasteiger partial charge in [-0.05, 0) is 38.5 Å². The highest BCUT2D eigenvalue weighted by atomic mass is 32.1. The van der Waals surface area contributed by atoms with Crippen molar-refractivity contribution in [3.63, 3.8) is 0 Å². The predicted molar refractivity (Wildman–Crippen MR) is 86.6 cm³/mol. The van der Waals surface area contributed by atoms with Gasteiger partial charge in [-0.15, -0.1) is 11.3 Å². The standard InChI is InChI=1S/C16H27N3S/c1-12-15(10-17-14-8-9-14)20-16(18-12)19(2)11-13-6-4-3-5-7-13/h13-14,17H,3-11H2,1-2H3. The summed E-state index contributed by atoms with van der Waals surface area (Å²) >= 11 is 1.88. The highest BCUT2D eigenvalue weighted by Gasteiger charge is 2.22. The fourth-order valence-electron chi connectivity index (χ4n) is 3.10. The van der Waals surface area contributed by atoms with Crippen LogP contribution in [0.4, 0.5) is 5.13 Å². The molecule has 0 aromatic carbocycles. The lowest BCUT2D eigenvalue weighted by atomic mass is 9.89. The Morgan fingerprint density at radius 1 is 1.20 bits per heavy atom. The molecule has 0 radical (unpaired) electrons. The average Bonchev–Trinajstić information content (AvgIpc) is 3.20. The molecule has 0 atom stereocenters. The van der Waals surface area contributed by atoms with E-state index in [0.717, 1.165) is 18.5 Å². The maximum absolute atomic E-state index is 4.78. The monoisotopic (exact) mass is 293 g/mol. The maximum Gasteiger partial charge on any atom is 0.185 e. The Morgan fingerprint density at radius 3 is 2.65 bits per heavy atom. The number of nitrogens with zero attached hydrogens (tertiary/aromatic N) is 2. The quantitative estimate of drug-likeness (QED) is 0.866. The lowest BCUT2D eigenvalue weighted by molar-refractivity contribution is 0.362. The van der Waals surface area contributed by atoms with E-state index in [1.807, 2.05) is 11.3 Å². The Morgan fingerprint density at radius 2 is 1.95 bits per heavy atom. The van der Waals surface area contributed by atoms with E-state index in [1.165, 1.54) is 67.2 Å². The van der Waals surface area contributed by atoms with Crippen LogP contribution >= 0.6 is 11.3 Å². The zero-order valence-electron chi connectivity index (χ0n) is 12.8. The summed E-state index contributed by atoms with van der Waals surface area (Å²) in [6, 6.07) is 0.778. The van der Waals surface area contributed by atoms with Crippen molar-refractivity contribution in [3.8, 4) is 0 Å². The first-order chi connectivity index (χ1) is 9.72. The normalized spacial score (nSPS) is 20.3. The molecule has 112 valence electrons. The topological polar surface area (TPSA) is 28.2 Å².